The zero-order chi connectivity index (χ0) is 24.3. The highest BCUT2D eigenvalue weighted by atomic mass is 16.7. The van der Waals surface area contributed by atoms with E-state index in [-0.39, 0.29) is 23.8 Å². The van der Waals surface area contributed by atoms with Crippen molar-refractivity contribution in [2.45, 2.75) is 24.8 Å². The zero-order valence-electron chi connectivity index (χ0n) is 20.2. The van der Waals surface area contributed by atoms with Gasteiger partial charge < -0.3 is 14.2 Å². The first-order valence-corrected chi connectivity index (χ1v) is 12.8. The SMILES string of the molecule is [CH]c1ccc(C[N+]2(CCN3CCCC3)C(=O)C3(COc4cc5c(cc43)OCO5)c3ccccc32)cc1. The van der Waals surface area contributed by atoms with E-state index in [2.05, 4.69) is 17.0 Å². The van der Waals surface area contributed by atoms with Crippen LogP contribution in [-0.4, -0.2) is 50.4 Å². The second kappa shape index (κ2) is 8.08. The first kappa shape index (κ1) is 21.9. The van der Waals surface area contributed by atoms with Gasteiger partial charge in [-0.15, -0.1) is 0 Å². The van der Waals surface area contributed by atoms with Crippen molar-refractivity contribution in [2.75, 3.05) is 39.6 Å². The lowest BCUT2D eigenvalue weighted by atomic mass is 9.77. The Bertz CT molecular complexity index is 1350. The van der Waals surface area contributed by atoms with E-state index in [0.717, 1.165) is 47.6 Å². The van der Waals surface area contributed by atoms with Crippen LogP contribution < -0.4 is 18.7 Å². The van der Waals surface area contributed by atoms with Crippen molar-refractivity contribution in [3.63, 3.8) is 0 Å². The summed E-state index contributed by atoms with van der Waals surface area (Å²) in [6.07, 6.45) is 2.45. The number of hydrogen-bond donors (Lipinski definition) is 0. The smallest absolute Gasteiger partial charge is 0.338 e. The number of rotatable bonds is 5. The Balaban J connectivity index is 1.39. The number of ether oxygens (including phenoxy) is 3. The monoisotopic (exact) mass is 481 g/mol. The number of amides is 1. The number of para-hydroxylation sites is 1. The number of hydrogen-bond acceptors (Lipinski definition) is 5. The average Bonchev–Trinajstić information content (AvgIpc) is 3.68. The maximum atomic E-state index is 15.0. The van der Waals surface area contributed by atoms with Gasteiger partial charge in [0, 0.05) is 29.3 Å². The number of carbonyl (C=O) groups is 1. The normalized spacial score (nSPS) is 25.9. The molecule has 7 rings (SSSR count). The molecule has 0 bridgehead atoms. The fourth-order valence-electron chi connectivity index (χ4n) is 6.55. The van der Waals surface area contributed by atoms with E-state index >= 15 is 4.79 Å². The van der Waals surface area contributed by atoms with Crippen LogP contribution in [0.15, 0.2) is 60.7 Å². The topological polar surface area (TPSA) is 48.0 Å². The molecule has 0 N–H and O–H groups in total. The average molecular weight is 482 g/mol. The molecule has 4 heterocycles. The molecule has 1 fully saturated rings. The van der Waals surface area contributed by atoms with Crippen molar-refractivity contribution < 1.29 is 19.0 Å². The quantitative estimate of drug-likeness (QED) is 0.509. The van der Waals surface area contributed by atoms with Gasteiger partial charge in [0.15, 0.2) is 16.9 Å². The van der Waals surface area contributed by atoms with E-state index in [4.69, 9.17) is 21.1 Å². The van der Waals surface area contributed by atoms with Gasteiger partial charge in [-0.25, -0.2) is 9.28 Å². The molecule has 2 radical (unpaired) electrons. The Hall–Kier alpha value is -3.35. The third-order valence-corrected chi connectivity index (χ3v) is 8.39. The van der Waals surface area contributed by atoms with Crippen LogP contribution in [0.25, 0.3) is 0 Å². The minimum Gasteiger partial charge on any atom is -0.491 e. The number of fused-ring (bicyclic) bond motifs is 5. The van der Waals surface area contributed by atoms with Crippen molar-refractivity contribution in [2.24, 2.45) is 0 Å². The molecule has 6 heteroatoms. The van der Waals surface area contributed by atoms with Crippen LogP contribution >= 0.6 is 0 Å². The third kappa shape index (κ3) is 3.07. The fourth-order valence-corrected chi connectivity index (χ4v) is 6.55. The molecule has 0 aliphatic carbocycles. The van der Waals surface area contributed by atoms with Gasteiger partial charge in [-0.05, 0) is 50.6 Å². The number of carbonyl (C=O) groups excluding carboxylic acids is 1. The molecule has 4 aliphatic rings. The van der Waals surface area contributed by atoms with E-state index in [9.17, 15) is 0 Å². The van der Waals surface area contributed by atoms with Gasteiger partial charge in [0.2, 0.25) is 6.79 Å². The standard InChI is InChI=1S/C30H29N2O4/c1-21-8-10-22(11-9-21)18-32(15-14-31-12-4-5-13-31)25-7-3-2-6-23(25)30(29(32)33)19-34-26-17-28-27(16-24(26)30)35-20-36-28/h1-3,6-11,16-17H,4-5,12-15,18-20H2/q+1. The molecule has 1 amide bonds. The molecular formula is C30H29N2O4+. The first-order valence-electron chi connectivity index (χ1n) is 12.8. The predicted molar refractivity (Wildman–Crippen MR) is 136 cm³/mol. The van der Waals surface area contributed by atoms with Crippen molar-refractivity contribution in [1.82, 2.24) is 9.38 Å². The summed E-state index contributed by atoms with van der Waals surface area (Å²) in [5, 5.41) is 0. The Morgan fingerprint density at radius 1 is 0.889 bits per heavy atom. The fraction of sp³-hybridized carbons (Fsp3) is 0.333. The first-order chi connectivity index (χ1) is 17.6. The van der Waals surface area contributed by atoms with Crippen LogP contribution in [0.2, 0.25) is 0 Å². The maximum absolute atomic E-state index is 15.0. The van der Waals surface area contributed by atoms with Crippen LogP contribution in [0.3, 0.4) is 0 Å². The number of benzene rings is 3. The van der Waals surface area contributed by atoms with E-state index in [1.54, 1.807) is 0 Å². The van der Waals surface area contributed by atoms with E-state index in [1.165, 1.54) is 12.8 Å². The summed E-state index contributed by atoms with van der Waals surface area (Å²) in [7, 11) is 0. The van der Waals surface area contributed by atoms with Crippen LogP contribution in [0.5, 0.6) is 17.2 Å². The molecule has 182 valence electrons. The largest absolute Gasteiger partial charge is 0.491 e. The summed E-state index contributed by atoms with van der Waals surface area (Å²) in [6, 6.07) is 20.1. The van der Waals surface area contributed by atoms with Crippen LogP contribution in [0, 0.1) is 6.92 Å². The Morgan fingerprint density at radius 2 is 1.64 bits per heavy atom. The van der Waals surface area contributed by atoms with Crippen molar-refractivity contribution >= 4 is 11.6 Å². The minimum atomic E-state index is -0.883. The zero-order valence-corrected chi connectivity index (χ0v) is 20.2. The molecule has 2 atom stereocenters. The Labute approximate surface area is 211 Å². The molecule has 4 aliphatic heterocycles. The highest BCUT2D eigenvalue weighted by Gasteiger charge is 2.66. The van der Waals surface area contributed by atoms with Gasteiger partial charge in [-0.2, -0.15) is 0 Å². The molecule has 3 aromatic carbocycles. The minimum absolute atomic E-state index is 0.164. The van der Waals surface area contributed by atoms with E-state index in [0.29, 0.717) is 30.3 Å². The van der Waals surface area contributed by atoms with Gasteiger partial charge in [0.05, 0.1) is 0 Å². The molecular weight excluding hydrogens is 452 g/mol. The summed E-state index contributed by atoms with van der Waals surface area (Å²) >= 11 is 0. The third-order valence-electron chi connectivity index (χ3n) is 8.39. The summed E-state index contributed by atoms with van der Waals surface area (Å²) in [4.78, 5) is 17.5. The van der Waals surface area contributed by atoms with Crippen LogP contribution in [0.4, 0.5) is 5.69 Å². The molecule has 0 saturated carbocycles. The summed E-state index contributed by atoms with van der Waals surface area (Å²) in [5.74, 6) is 2.21. The molecule has 1 spiro atoms. The highest BCUT2D eigenvalue weighted by molar-refractivity contribution is 6.08. The lowest BCUT2D eigenvalue weighted by Gasteiger charge is -2.35. The molecule has 0 aromatic heterocycles. The summed E-state index contributed by atoms with van der Waals surface area (Å²) in [6.45, 7) is 10.8. The number of quaternary nitrogens is 1. The van der Waals surface area contributed by atoms with Gasteiger partial charge in [0.1, 0.15) is 31.1 Å². The van der Waals surface area contributed by atoms with Crippen molar-refractivity contribution in [1.29, 1.82) is 0 Å². The Morgan fingerprint density at radius 3 is 2.44 bits per heavy atom. The number of likely N-dealkylation sites (tertiary alicyclic amines) is 1. The predicted octanol–water partition coefficient (Wildman–Crippen LogP) is 4.30. The molecule has 2 unspecified atom stereocenters. The number of nitrogens with zero attached hydrogens (tertiary/aromatic N) is 2. The summed E-state index contributed by atoms with van der Waals surface area (Å²) < 4.78 is 17.8. The van der Waals surface area contributed by atoms with Gasteiger partial charge in [-0.3, -0.25) is 4.90 Å². The lowest BCUT2D eigenvalue weighted by Crippen LogP contribution is -2.59. The molecule has 6 nitrogen and oxygen atoms in total. The van der Waals surface area contributed by atoms with Gasteiger partial charge >= 0.3 is 5.91 Å². The highest BCUT2D eigenvalue weighted by Crippen LogP contribution is 2.57. The molecule has 36 heavy (non-hydrogen) atoms. The van der Waals surface area contributed by atoms with E-state index in [1.807, 2.05) is 48.5 Å². The van der Waals surface area contributed by atoms with Gasteiger partial charge in [-0.1, -0.05) is 42.5 Å². The maximum Gasteiger partial charge on any atom is 0.338 e. The van der Waals surface area contributed by atoms with Crippen molar-refractivity contribution in [3.05, 3.63) is 89.8 Å². The van der Waals surface area contributed by atoms with E-state index < -0.39 is 5.41 Å². The van der Waals surface area contributed by atoms with Crippen molar-refractivity contribution in [3.8, 4) is 17.2 Å². The second-order valence-corrected chi connectivity index (χ2v) is 10.4. The lowest BCUT2D eigenvalue weighted by molar-refractivity contribution is -0.134. The molecule has 3 aromatic rings. The molecule has 1 saturated heterocycles. The summed E-state index contributed by atoms with van der Waals surface area (Å²) in [5.41, 5.74) is 3.91. The van der Waals surface area contributed by atoms with Gasteiger partial charge in [0.25, 0.3) is 0 Å². The Kier molecular flexibility index (Phi) is 4.92. The second-order valence-electron chi connectivity index (χ2n) is 10.4. The van der Waals surface area contributed by atoms with Crippen LogP contribution in [-0.2, 0) is 16.8 Å². The van der Waals surface area contributed by atoms with Crippen LogP contribution in [0.1, 0.15) is 35.1 Å².